The molecule has 5 rings (SSSR count). The predicted molar refractivity (Wildman–Crippen MR) is 127 cm³/mol. The van der Waals surface area contributed by atoms with Gasteiger partial charge in [-0.3, -0.25) is 0 Å². The molecule has 1 fully saturated rings. The molecule has 0 bridgehead atoms. The molecule has 3 aromatic rings. The number of nitrogens with zero attached hydrogens (tertiary/aromatic N) is 1. The van der Waals surface area contributed by atoms with E-state index >= 15 is 0 Å². The van der Waals surface area contributed by atoms with Crippen molar-refractivity contribution in [2.75, 3.05) is 6.54 Å². The van der Waals surface area contributed by atoms with E-state index in [1.807, 2.05) is 36.9 Å². The zero-order valence-corrected chi connectivity index (χ0v) is 19.7. The fraction of sp³-hybridized carbons (Fsp3) is 0.308. The van der Waals surface area contributed by atoms with E-state index in [2.05, 4.69) is 56.3 Å². The van der Waals surface area contributed by atoms with Crippen LogP contribution in [0, 0.1) is 19.8 Å². The fourth-order valence-electron chi connectivity index (χ4n) is 5.13. The van der Waals surface area contributed by atoms with Crippen molar-refractivity contribution in [3.63, 3.8) is 0 Å². The average molecular weight is 450 g/mol. The van der Waals surface area contributed by atoms with Crippen molar-refractivity contribution < 1.29 is 8.42 Å². The number of fused-ring (bicyclic) bond motifs is 2. The SMILES string of the molecule is Cc1ccc(S(=O)(=O)N2C[C@H]3C(Sc4ccc(C)cc4[C@@H]3c3ccccc3)C2C)cc1. The lowest BCUT2D eigenvalue weighted by Gasteiger charge is -2.36. The van der Waals surface area contributed by atoms with Gasteiger partial charge in [-0.2, -0.15) is 4.31 Å². The second-order valence-corrected chi connectivity index (χ2v) is 11.9. The van der Waals surface area contributed by atoms with Crippen LogP contribution in [0.5, 0.6) is 0 Å². The maximum Gasteiger partial charge on any atom is 0.243 e. The Balaban J connectivity index is 1.59. The average Bonchev–Trinajstić information content (AvgIpc) is 3.10. The first-order valence-corrected chi connectivity index (χ1v) is 13.1. The van der Waals surface area contributed by atoms with Crippen molar-refractivity contribution >= 4 is 21.8 Å². The summed E-state index contributed by atoms with van der Waals surface area (Å²) in [6.07, 6.45) is 0. The summed E-state index contributed by atoms with van der Waals surface area (Å²) < 4.78 is 28.9. The molecule has 3 aromatic carbocycles. The quantitative estimate of drug-likeness (QED) is 0.521. The van der Waals surface area contributed by atoms with Crippen LogP contribution in [0.25, 0.3) is 0 Å². The molecule has 4 atom stereocenters. The third kappa shape index (κ3) is 3.53. The highest BCUT2D eigenvalue weighted by molar-refractivity contribution is 8.00. The first-order chi connectivity index (χ1) is 14.9. The van der Waals surface area contributed by atoms with E-state index in [-0.39, 0.29) is 23.1 Å². The molecular formula is C26H27NO2S2. The third-order valence-electron chi connectivity index (χ3n) is 6.72. The molecule has 2 unspecified atom stereocenters. The summed E-state index contributed by atoms with van der Waals surface area (Å²) in [5.41, 5.74) is 4.91. The highest BCUT2D eigenvalue weighted by atomic mass is 32.2. The summed E-state index contributed by atoms with van der Waals surface area (Å²) in [5, 5.41) is 0.223. The van der Waals surface area contributed by atoms with Crippen LogP contribution in [0.4, 0.5) is 0 Å². The molecule has 2 aliphatic heterocycles. The largest absolute Gasteiger partial charge is 0.243 e. The number of benzene rings is 3. The summed E-state index contributed by atoms with van der Waals surface area (Å²) in [6, 6.07) is 24.4. The minimum atomic E-state index is -3.54. The Labute approximate surface area is 189 Å². The van der Waals surface area contributed by atoms with Gasteiger partial charge in [-0.1, -0.05) is 65.7 Å². The minimum Gasteiger partial charge on any atom is -0.207 e. The van der Waals surface area contributed by atoms with Gasteiger partial charge >= 0.3 is 0 Å². The van der Waals surface area contributed by atoms with Crippen molar-refractivity contribution in [2.45, 2.75) is 47.8 Å². The first-order valence-electron chi connectivity index (χ1n) is 10.8. The van der Waals surface area contributed by atoms with E-state index in [1.165, 1.54) is 21.6 Å². The van der Waals surface area contributed by atoms with Gasteiger partial charge in [0.2, 0.25) is 10.0 Å². The molecule has 0 radical (unpaired) electrons. The van der Waals surface area contributed by atoms with E-state index in [9.17, 15) is 8.42 Å². The molecule has 0 aliphatic carbocycles. The van der Waals surface area contributed by atoms with Gasteiger partial charge in [0.15, 0.2) is 0 Å². The number of hydrogen-bond donors (Lipinski definition) is 0. The van der Waals surface area contributed by atoms with Crippen molar-refractivity contribution in [1.82, 2.24) is 4.31 Å². The number of thioether (sulfide) groups is 1. The topological polar surface area (TPSA) is 37.4 Å². The maximum atomic E-state index is 13.6. The Kier molecular flexibility index (Phi) is 5.24. The van der Waals surface area contributed by atoms with E-state index in [0.29, 0.717) is 11.4 Å². The molecule has 5 heteroatoms. The maximum absolute atomic E-state index is 13.6. The molecule has 1 saturated heterocycles. The summed E-state index contributed by atoms with van der Waals surface area (Å²) in [5.74, 6) is 0.431. The summed E-state index contributed by atoms with van der Waals surface area (Å²) in [4.78, 5) is 1.67. The first kappa shape index (κ1) is 20.8. The van der Waals surface area contributed by atoms with Crippen LogP contribution in [0.3, 0.4) is 0 Å². The van der Waals surface area contributed by atoms with Crippen LogP contribution in [0.1, 0.15) is 35.1 Å². The monoisotopic (exact) mass is 449 g/mol. The summed E-state index contributed by atoms with van der Waals surface area (Å²) >= 11 is 1.85. The Hall–Kier alpha value is -2.08. The third-order valence-corrected chi connectivity index (χ3v) is 10.3. The van der Waals surface area contributed by atoms with Gasteiger partial charge < -0.3 is 0 Å². The molecular weight excluding hydrogens is 422 g/mol. The minimum absolute atomic E-state index is 0.0676. The zero-order chi connectivity index (χ0) is 21.8. The van der Waals surface area contributed by atoms with Gasteiger partial charge in [0.1, 0.15) is 0 Å². The molecule has 2 aliphatic rings. The zero-order valence-electron chi connectivity index (χ0n) is 18.0. The normalized spacial score (nSPS) is 25.8. The molecule has 0 saturated carbocycles. The van der Waals surface area contributed by atoms with Crippen molar-refractivity contribution in [2.24, 2.45) is 5.92 Å². The molecule has 3 nitrogen and oxygen atoms in total. The lowest BCUT2D eigenvalue weighted by atomic mass is 9.78. The van der Waals surface area contributed by atoms with Crippen LogP contribution in [0.2, 0.25) is 0 Å². The van der Waals surface area contributed by atoms with Crippen LogP contribution in [-0.2, 0) is 10.0 Å². The number of aryl methyl sites for hydroxylation is 2. The second-order valence-electron chi connectivity index (χ2n) is 8.80. The molecule has 0 amide bonds. The van der Waals surface area contributed by atoms with E-state index in [1.54, 1.807) is 16.4 Å². The fourth-order valence-corrected chi connectivity index (χ4v) is 8.41. The molecule has 2 heterocycles. The number of rotatable bonds is 3. The van der Waals surface area contributed by atoms with Crippen LogP contribution < -0.4 is 0 Å². The lowest BCUT2D eigenvalue weighted by molar-refractivity contribution is 0.401. The molecule has 0 spiro atoms. The van der Waals surface area contributed by atoms with Crippen molar-refractivity contribution in [1.29, 1.82) is 0 Å². The summed E-state index contributed by atoms with van der Waals surface area (Å²) in [7, 11) is -3.54. The smallest absolute Gasteiger partial charge is 0.207 e. The standard InChI is InChI=1S/C26H27NO2S2/c1-17-9-12-21(13-10-17)31(28,29)27-16-23-25(20-7-5-4-6-8-20)22-15-18(2)11-14-24(22)30-26(23)19(27)3/h4-15,19,23,25-26H,16H2,1-3H3/t19?,23-,25+,26?/m1/s1. The number of sulfonamides is 1. The highest BCUT2D eigenvalue weighted by Crippen LogP contribution is 2.54. The van der Waals surface area contributed by atoms with Gasteiger partial charge in [0, 0.05) is 28.6 Å². The Bertz CT molecular complexity index is 1210. The van der Waals surface area contributed by atoms with E-state index in [4.69, 9.17) is 0 Å². The highest BCUT2D eigenvalue weighted by Gasteiger charge is 2.51. The van der Waals surface area contributed by atoms with Crippen molar-refractivity contribution in [3.8, 4) is 0 Å². The van der Waals surface area contributed by atoms with Gasteiger partial charge in [-0.25, -0.2) is 8.42 Å². The second kappa shape index (κ2) is 7.80. The Morgan fingerprint density at radius 3 is 2.29 bits per heavy atom. The Morgan fingerprint density at radius 1 is 0.903 bits per heavy atom. The van der Waals surface area contributed by atoms with E-state index < -0.39 is 10.0 Å². The van der Waals surface area contributed by atoms with E-state index in [0.717, 1.165) is 5.56 Å². The van der Waals surface area contributed by atoms with Crippen LogP contribution in [-0.4, -0.2) is 30.6 Å². The van der Waals surface area contributed by atoms with Gasteiger partial charge in [0.05, 0.1) is 4.90 Å². The van der Waals surface area contributed by atoms with Crippen LogP contribution >= 0.6 is 11.8 Å². The van der Waals surface area contributed by atoms with Gasteiger partial charge in [-0.15, -0.1) is 11.8 Å². The number of hydrogen-bond acceptors (Lipinski definition) is 3. The molecule has 0 aromatic heterocycles. The molecule has 31 heavy (non-hydrogen) atoms. The van der Waals surface area contributed by atoms with Gasteiger partial charge in [0.25, 0.3) is 0 Å². The van der Waals surface area contributed by atoms with Crippen LogP contribution in [0.15, 0.2) is 82.6 Å². The summed E-state index contributed by atoms with van der Waals surface area (Å²) in [6.45, 7) is 6.72. The lowest BCUT2D eigenvalue weighted by Crippen LogP contribution is -2.36. The van der Waals surface area contributed by atoms with Crippen molar-refractivity contribution in [3.05, 3.63) is 95.1 Å². The Morgan fingerprint density at radius 2 is 1.58 bits per heavy atom. The molecule has 0 N–H and O–H groups in total. The molecule has 160 valence electrons. The van der Waals surface area contributed by atoms with Gasteiger partial charge in [-0.05, 0) is 56.0 Å². The predicted octanol–water partition coefficient (Wildman–Crippen LogP) is 5.62.